The van der Waals surface area contributed by atoms with Crippen molar-refractivity contribution in [1.29, 1.82) is 0 Å². The highest BCUT2D eigenvalue weighted by Crippen LogP contribution is 2.46. The van der Waals surface area contributed by atoms with Gasteiger partial charge in [-0.3, -0.25) is 4.79 Å². The standard InChI is InChI=1S/C28H32N2O/c31-27(21-22-10-11-23-6-1-2-8-25(23)20-22)29-16-5-17-30-18-14-28(15-19-30)13-12-24-7-3-4-9-26(24)28/h1-4,6-11,20H,5,12-19,21H2,(H,29,31). The lowest BCUT2D eigenvalue weighted by atomic mass is 9.74. The van der Waals surface area contributed by atoms with Crippen molar-refractivity contribution < 1.29 is 4.79 Å². The Balaban J connectivity index is 1.04. The first-order valence-corrected chi connectivity index (χ1v) is 11.8. The number of amides is 1. The Hall–Kier alpha value is -2.65. The molecule has 1 heterocycles. The van der Waals surface area contributed by atoms with Crippen LogP contribution in [-0.4, -0.2) is 37.0 Å². The molecule has 31 heavy (non-hydrogen) atoms. The second kappa shape index (κ2) is 8.84. The van der Waals surface area contributed by atoms with Gasteiger partial charge in [0.05, 0.1) is 6.42 Å². The number of likely N-dealkylation sites (tertiary alicyclic amines) is 1. The molecular weight excluding hydrogens is 380 g/mol. The highest BCUT2D eigenvalue weighted by molar-refractivity contribution is 5.85. The molecule has 3 aromatic carbocycles. The third-order valence-corrected chi connectivity index (χ3v) is 7.43. The van der Waals surface area contributed by atoms with E-state index in [1.807, 2.05) is 12.1 Å². The van der Waals surface area contributed by atoms with E-state index >= 15 is 0 Å². The molecule has 0 saturated carbocycles. The van der Waals surface area contributed by atoms with Crippen LogP contribution in [0, 0.1) is 0 Å². The second-order valence-corrected chi connectivity index (χ2v) is 9.34. The predicted octanol–water partition coefficient (Wildman–Crippen LogP) is 4.87. The molecule has 1 N–H and O–H groups in total. The molecular formula is C28H32N2O. The summed E-state index contributed by atoms with van der Waals surface area (Å²) in [5.74, 6) is 0.121. The average Bonchev–Trinajstić information content (AvgIpc) is 3.16. The van der Waals surface area contributed by atoms with Crippen LogP contribution in [0.4, 0.5) is 0 Å². The maximum atomic E-state index is 12.4. The minimum atomic E-state index is 0.121. The van der Waals surface area contributed by atoms with E-state index in [-0.39, 0.29) is 5.91 Å². The number of benzene rings is 3. The summed E-state index contributed by atoms with van der Waals surface area (Å²) in [6.07, 6.45) is 6.60. The SMILES string of the molecule is O=C(Cc1ccc2ccccc2c1)NCCCN1CCC2(CCc3ccccc32)CC1. The fraction of sp³-hybridized carbons (Fsp3) is 0.393. The predicted molar refractivity (Wildman–Crippen MR) is 127 cm³/mol. The van der Waals surface area contributed by atoms with Crippen molar-refractivity contribution in [3.05, 3.63) is 83.4 Å². The van der Waals surface area contributed by atoms with Gasteiger partial charge in [-0.25, -0.2) is 0 Å². The molecule has 0 bridgehead atoms. The van der Waals surface area contributed by atoms with E-state index < -0.39 is 0 Å². The number of carbonyl (C=O) groups excluding carboxylic acids is 1. The quantitative estimate of drug-likeness (QED) is 0.586. The van der Waals surface area contributed by atoms with Gasteiger partial charge in [-0.05, 0) is 84.6 Å². The third kappa shape index (κ3) is 4.38. The smallest absolute Gasteiger partial charge is 0.224 e. The molecule has 2 aliphatic rings. The zero-order valence-electron chi connectivity index (χ0n) is 18.3. The van der Waals surface area contributed by atoms with Gasteiger partial charge in [0.25, 0.3) is 0 Å². The van der Waals surface area contributed by atoms with Crippen LogP contribution in [0.15, 0.2) is 66.7 Å². The van der Waals surface area contributed by atoms with Gasteiger partial charge in [0.15, 0.2) is 0 Å². The summed E-state index contributed by atoms with van der Waals surface area (Å²) in [5, 5.41) is 5.53. The first-order chi connectivity index (χ1) is 15.2. The van der Waals surface area contributed by atoms with Gasteiger partial charge >= 0.3 is 0 Å². The normalized spacial score (nSPS) is 17.7. The molecule has 160 valence electrons. The second-order valence-electron chi connectivity index (χ2n) is 9.34. The summed E-state index contributed by atoms with van der Waals surface area (Å²) in [6.45, 7) is 4.20. The molecule has 0 radical (unpaired) electrons. The van der Waals surface area contributed by atoms with E-state index in [0.29, 0.717) is 11.8 Å². The van der Waals surface area contributed by atoms with Crippen LogP contribution < -0.4 is 5.32 Å². The summed E-state index contributed by atoms with van der Waals surface area (Å²) in [7, 11) is 0. The molecule has 1 amide bonds. The topological polar surface area (TPSA) is 32.3 Å². The molecule has 3 aromatic rings. The molecule has 1 aliphatic carbocycles. The van der Waals surface area contributed by atoms with Gasteiger partial charge in [0, 0.05) is 6.54 Å². The zero-order chi connectivity index (χ0) is 21.1. The first-order valence-electron chi connectivity index (χ1n) is 11.8. The number of rotatable bonds is 6. The molecule has 1 aliphatic heterocycles. The van der Waals surface area contributed by atoms with Crippen molar-refractivity contribution >= 4 is 16.7 Å². The summed E-state index contributed by atoms with van der Waals surface area (Å²) in [5.41, 5.74) is 4.70. The fourth-order valence-electron chi connectivity index (χ4n) is 5.62. The highest BCUT2D eigenvalue weighted by Gasteiger charge is 2.40. The van der Waals surface area contributed by atoms with E-state index in [1.165, 1.54) is 49.5 Å². The van der Waals surface area contributed by atoms with Gasteiger partial charge in [0.2, 0.25) is 5.91 Å². The lowest BCUT2D eigenvalue weighted by molar-refractivity contribution is -0.120. The monoisotopic (exact) mass is 412 g/mol. The van der Waals surface area contributed by atoms with Crippen molar-refractivity contribution in [2.45, 2.75) is 43.9 Å². The Bertz CT molecular complexity index is 1070. The highest BCUT2D eigenvalue weighted by atomic mass is 16.1. The van der Waals surface area contributed by atoms with Gasteiger partial charge in [-0.1, -0.05) is 66.7 Å². The number of hydrogen-bond donors (Lipinski definition) is 1. The summed E-state index contributed by atoms with van der Waals surface area (Å²) < 4.78 is 0. The molecule has 5 rings (SSSR count). The Morgan fingerprint density at radius 1 is 0.903 bits per heavy atom. The van der Waals surface area contributed by atoms with Crippen LogP contribution >= 0.6 is 0 Å². The number of nitrogens with one attached hydrogen (secondary N) is 1. The van der Waals surface area contributed by atoms with Gasteiger partial charge < -0.3 is 10.2 Å². The van der Waals surface area contributed by atoms with E-state index in [2.05, 4.69) is 64.8 Å². The van der Waals surface area contributed by atoms with Crippen molar-refractivity contribution in [2.75, 3.05) is 26.2 Å². The van der Waals surface area contributed by atoms with Crippen LogP contribution in [0.1, 0.15) is 42.4 Å². The molecule has 1 saturated heterocycles. The number of piperidine rings is 1. The third-order valence-electron chi connectivity index (χ3n) is 7.43. The van der Waals surface area contributed by atoms with Crippen LogP contribution in [0.2, 0.25) is 0 Å². The molecule has 3 nitrogen and oxygen atoms in total. The van der Waals surface area contributed by atoms with Crippen LogP contribution in [0.3, 0.4) is 0 Å². The molecule has 0 aromatic heterocycles. The van der Waals surface area contributed by atoms with E-state index in [1.54, 1.807) is 11.1 Å². The first kappa shape index (κ1) is 20.3. The number of fused-ring (bicyclic) bond motifs is 3. The maximum absolute atomic E-state index is 12.4. The van der Waals surface area contributed by atoms with E-state index in [0.717, 1.165) is 25.1 Å². The Morgan fingerprint density at radius 3 is 2.55 bits per heavy atom. The summed E-state index contributed by atoms with van der Waals surface area (Å²) in [4.78, 5) is 14.9. The molecule has 1 fully saturated rings. The largest absolute Gasteiger partial charge is 0.356 e. The number of carbonyl (C=O) groups is 1. The minimum absolute atomic E-state index is 0.121. The van der Waals surface area contributed by atoms with Gasteiger partial charge in [-0.2, -0.15) is 0 Å². The fourth-order valence-corrected chi connectivity index (χ4v) is 5.62. The van der Waals surface area contributed by atoms with Crippen LogP contribution in [0.5, 0.6) is 0 Å². The Morgan fingerprint density at radius 2 is 1.68 bits per heavy atom. The van der Waals surface area contributed by atoms with Gasteiger partial charge in [-0.15, -0.1) is 0 Å². The van der Waals surface area contributed by atoms with E-state index in [4.69, 9.17) is 0 Å². The Labute approximate surface area is 185 Å². The minimum Gasteiger partial charge on any atom is -0.356 e. The zero-order valence-corrected chi connectivity index (χ0v) is 18.3. The van der Waals surface area contributed by atoms with Crippen molar-refractivity contribution in [3.63, 3.8) is 0 Å². The van der Waals surface area contributed by atoms with Crippen LogP contribution in [0.25, 0.3) is 10.8 Å². The molecule has 3 heteroatoms. The molecule has 0 unspecified atom stereocenters. The molecule has 1 spiro atoms. The lowest BCUT2D eigenvalue weighted by Gasteiger charge is -2.40. The number of hydrogen-bond acceptors (Lipinski definition) is 2. The average molecular weight is 413 g/mol. The van der Waals surface area contributed by atoms with Crippen LogP contribution in [-0.2, 0) is 23.1 Å². The van der Waals surface area contributed by atoms with Crippen molar-refractivity contribution in [3.8, 4) is 0 Å². The lowest BCUT2D eigenvalue weighted by Crippen LogP contribution is -2.42. The van der Waals surface area contributed by atoms with E-state index in [9.17, 15) is 4.79 Å². The summed E-state index contributed by atoms with van der Waals surface area (Å²) in [6, 6.07) is 23.6. The maximum Gasteiger partial charge on any atom is 0.224 e. The van der Waals surface area contributed by atoms with Crippen molar-refractivity contribution in [2.24, 2.45) is 0 Å². The summed E-state index contributed by atoms with van der Waals surface area (Å²) >= 11 is 0. The number of nitrogens with zero attached hydrogens (tertiary/aromatic N) is 1. The van der Waals surface area contributed by atoms with Gasteiger partial charge in [0.1, 0.15) is 0 Å². The molecule has 0 atom stereocenters. The Kier molecular flexibility index (Phi) is 5.78. The number of aryl methyl sites for hydroxylation is 1. The van der Waals surface area contributed by atoms with Crippen molar-refractivity contribution in [1.82, 2.24) is 10.2 Å².